The number of nitrogens with one attached hydrogen (secondary N) is 1. The van der Waals surface area contributed by atoms with Crippen LogP contribution in [0.2, 0.25) is 0 Å². The molecular weight excluding hydrogens is 484 g/mol. The van der Waals surface area contributed by atoms with Crippen LogP contribution in [0, 0.1) is 23.7 Å². The highest BCUT2D eigenvalue weighted by molar-refractivity contribution is 5.97. The monoisotopic (exact) mass is 522 g/mol. The molecule has 0 aliphatic carbocycles. The van der Waals surface area contributed by atoms with Crippen molar-refractivity contribution in [3.63, 3.8) is 0 Å². The summed E-state index contributed by atoms with van der Waals surface area (Å²) in [7, 11) is 3.23. The van der Waals surface area contributed by atoms with E-state index >= 15 is 0 Å². The van der Waals surface area contributed by atoms with Gasteiger partial charge in [-0.05, 0) is 31.0 Å². The minimum Gasteiger partial charge on any atom is -0.495 e. The Morgan fingerprint density at radius 2 is 2.08 bits per heavy atom. The lowest BCUT2D eigenvalue weighted by atomic mass is 10.00. The lowest BCUT2D eigenvalue weighted by molar-refractivity contribution is 0.0356. The number of methoxy groups -OCH3 is 1. The van der Waals surface area contributed by atoms with Crippen LogP contribution in [0.15, 0.2) is 36.5 Å². The molecule has 3 atom stereocenters. The Hall–Kier alpha value is -3.77. The van der Waals surface area contributed by atoms with Crippen LogP contribution in [0.3, 0.4) is 0 Å². The molecule has 0 spiro atoms. The molecule has 2 N–H and O–H groups in total. The first kappa shape index (κ1) is 28.8. The number of pyridine rings is 1. The number of urea groups is 1. The molecule has 0 saturated carbocycles. The fourth-order valence-corrected chi connectivity index (χ4v) is 4.06. The van der Waals surface area contributed by atoms with E-state index in [0.717, 1.165) is 6.42 Å². The van der Waals surface area contributed by atoms with E-state index in [-0.39, 0.29) is 36.9 Å². The number of hydrogen-bond acceptors (Lipinski definition) is 6. The number of ether oxygens (including phenoxy) is 2. The smallest absolute Gasteiger partial charge is 0.321 e. The van der Waals surface area contributed by atoms with Gasteiger partial charge in [-0.1, -0.05) is 44.7 Å². The molecular formula is C29H38N4O5. The number of aliphatic hydroxyl groups is 1. The summed E-state index contributed by atoms with van der Waals surface area (Å²) in [5.41, 5.74) is 1.47. The minimum absolute atomic E-state index is 0.157. The van der Waals surface area contributed by atoms with Crippen LogP contribution in [0.1, 0.15) is 50.0 Å². The van der Waals surface area contributed by atoms with Crippen molar-refractivity contribution in [1.29, 1.82) is 0 Å². The number of amides is 3. The van der Waals surface area contributed by atoms with Gasteiger partial charge in [-0.25, -0.2) is 9.78 Å². The zero-order chi connectivity index (χ0) is 27.8. The molecule has 2 aromatic rings. The van der Waals surface area contributed by atoms with Gasteiger partial charge in [0.25, 0.3) is 5.91 Å². The zero-order valence-electron chi connectivity index (χ0n) is 23.0. The average Bonchev–Trinajstić information content (AvgIpc) is 2.90. The number of anilines is 1. The van der Waals surface area contributed by atoms with E-state index in [1.54, 1.807) is 50.4 Å². The number of hydrogen-bond donors (Lipinski definition) is 2. The molecule has 1 aromatic heterocycles. The Morgan fingerprint density at radius 1 is 1.34 bits per heavy atom. The summed E-state index contributed by atoms with van der Waals surface area (Å²) in [6.45, 7) is 8.35. The van der Waals surface area contributed by atoms with Gasteiger partial charge in [-0.15, -0.1) is 0 Å². The average molecular weight is 523 g/mol. The van der Waals surface area contributed by atoms with Crippen molar-refractivity contribution < 1.29 is 24.2 Å². The Kier molecular flexibility index (Phi) is 9.97. The van der Waals surface area contributed by atoms with Gasteiger partial charge in [0.1, 0.15) is 17.4 Å². The van der Waals surface area contributed by atoms with Crippen LogP contribution >= 0.6 is 0 Å². The first-order valence-corrected chi connectivity index (χ1v) is 12.9. The predicted molar refractivity (Wildman–Crippen MR) is 146 cm³/mol. The number of nitrogens with zero attached hydrogens (tertiary/aromatic N) is 3. The quantitative estimate of drug-likeness (QED) is 0.535. The number of likely N-dealkylation sites (N-methyl/N-ethyl adjacent to an activating group) is 1. The molecule has 204 valence electrons. The minimum atomic E-state index is -0.464. The third-order valence-corrected chi connectivity index (χ3v) is 6.41. The van der Waals surface area contributed by atoms with Crippen molar-refractivity contribution >= 4 is 17.6 Å². The number of carbonyl (C=O) groups excluding carboxylic acids is 2. The highest BCUT2D eigenvalue weighted by Gasteiger charge is 2.34. The highest BCUT2D eigenvalue weighted by Crippen LogP contribution is 2.28. The number of benzene rings is 1. The second-order valence-electron chi connectivity index (χ2n) is 10.1. The maximum absolute atomic E-state index is 13.5. The predicted octanol–water partition coefficient (Wildman–Crippen LogP) is 3.87. The molecule has 1 aliphatic heterocycles. The van der Waals surface area contributed by atoms with Gasteiger partial charge in [0.15, 0.2) is 0 Å². The topological polar surface area (TPSA) is 104 Å². The third kappa shape index (κ3) is 7.17. The first-order valence-electron chi connectivity index (χ1n) is 12.9. The summed E-state index contributed by atoms with van der Waals surface area (Å²) in [5.74, 6) is 6.96. The third-order valence-electron chi connectivity index (χ3n) is 6.41. The molecule has 3 rings (SSSR count). The van der Waals surface area contributed by atoms with E-state index in [1.807, 2.05) is 19.1 Å². The van der Waals surface area contributed by atoms with Crippen molar-refractivity contribution in [1.82, 2.24) is 14.8 Å². The molecule has 38 heavy (non-hydrogen) atoms. The number of aliphatic hydroxyl groups excluding tert-OH is 1. The second-order valence-corrected chi connectivity index (χ2v) is 10.1. The van der Waals surface area contributed by atoms with Crippen LogP contribution in [-0.4, -0.2) is 77.8 Å². The van der Waals surface area contributed by atoms with E-state index in [9.17, 15) is 14.7 Å². The van der Waals surface area contributed by atoms with Crippen molar-refractivity contribution in [2.75, 3.05) is 39.2 Å². The van der Waals surface area contributed by atoms with E-state index < -0.39 is 12.1 Å². The van der Waals surface area contributed by atoms with E-state index in [1.165, 1.54) is 4.90 Å². The number of para-hydroxylation sites is 2. The summed E-state index contributed by atoms with van der Waals surface area (Å²) in [4.78, 5) is 34.1. The highest BCUT2D eigenvalue weighted by atomic mass is 16.5. The molecule has 0 saturated heterocycles. The largest absolute Gasteiger partial charge is 0.495 e. The molecule has 0 radical (unpaired) electrons. The van der Waals surface area contributed by atoms with Gasteiger partial charge in [0, 0.05) is 37.7 Å². The number of aromatic nitrogens is 1. The van der Waals surface area contributed by atoms with Crippen molar-refractivity contribution in [3.05, 3.63) is 47.7 Å². The first-order chi connectivity index (χ1) is 18.1. The molecule has 2 heterocycles. The number of carbonyl (C=O) groups is 2. The van der Waals surface area contributed by atoms with Gasteiger partial charge in [0.2, 0.25) is 5.88 Å². The summed E-state index contributed by atoms with van der Waals surface area (Å²) < 4.78 is 11.6. The van der Waals surface area contributed by atoms with Gasteiger partial charge in [0.05, 0.1) is 32.0 Å². The number of fused-ring (bicyclic) bond motifs is 1. The maximum Gasteiger partial charge on any atom is 0.321 e. The van der Waals surface area contributed by atoms with Gasteiger partial charge < -0.3 is 29.7 Å². The Morgan fingerprint density at radius 3 is 2.76 bits per heavy atom. The molecule has 0 unspecified atom stereocenters. The Labute approximate surface area is 225 Å². The molecule has 0 fully saturated rings. The van der Waals surface area contributed by atoms with Crippen molar-refractivity contribution in [3.8, 4) is 23.5 Å². The summed E-state index contributed by atoms with van der Waals surface area (Å²) in [5, 5.41) is 12.7. The maximum atomic E-state index is 13.5. The lowest BCUT2D eigenvalue weighted by Gasteiger charge is -2.37. The van der Waals surface area contributed by atoms with Gasteiger partial charge in [-0.2, -0.15) is 0 Å². The lowest BCUT2D eigenvalue weighted by Crippen LogP contribution is -2.50. The molecule has 0 bridgehead atoms. The van der Waals surface area contributed by atoms with Crippen molar-refractivity contribution in [2.45, 2.75) is 46.3 Å². The molecule has 9 nitrogen and oxygen atoms in total. The van der Waals surface area contributed by atoms with Crippen LogP contribution < -0.4 is 14.8 Å². The molecule has 1 aliphatic rings. The van der Waals surface area contributed by atoms with E-state index in [2.05, 4.69) is 36.0 Å². The van der Waals surface area contributed by atoms with E-state index in [4.69, 9.17) is 9.47 Å². The second kappa shape index (κ2) is 13.2. The standard InChI is InChI=1S/C29H38N4O5/c1-19(2)10-9-11-22-14-23-27(30-15-22)38-26(20(3)16-33(28(23)35)21(4)18-34)17-32(5)29(36)31-24-12-7-8-13-25(24)37-6/h7-8,12-15,19-21,26,34H,10,16-18H2,1-6H3,(H,31,36)/t20-,21+,26-/m0/s1. The van der Waals surface area contributed by atoms with Crippen LogP contribution in [0.5, 0.6) is 11.6 Å². The summed E-state index contributed by atoms with van der Waals surface area (Å²) in [6.07, 6.45) is 1.87. The van der Waals surface area contributed by atoms with Crippen LogP contribution in [0.4, 0.5) is 10.5 Å². The molecule has 1 aromatic carbocycles. The fourth-order valence-electron chi connectivity index (χ4n) is 4.06. The van der Waals surface area contributed by atoms with Crippen LogP contribution in [0.25, 0.3) is 0 Å². The number of rotatable bonds is 7. The van der Waals surface area contributed by atoms with Gasteiger partial charge in [-0.3, -0.25) is 4.79 Å². The fraction of sp³-hybridized carbons (Fsp3) is 0.483. The van der Waals surface area contributed by atoms with Gasteiger partial charge >= 0.3 is 6.03 Å². The Balaban J connectivity index is 1.87. The summed E-state index contributed by atoms with van der Waals surface area (Å²) >= 11 is 0. The molecule has 3 amide bonds. The van der Waals surface area contributed by atoms with E-state index in [0.29, 0.717) is 35.0 Å². The normalized spacial score (nSPS) is 17.8. The zero-order valence-corrected chi connectivity index (χ0v) is 23.0. The van der Waals surface area contributed by atoms with Crippen molar-refractivity contribution in [2.24, 2.45) is 11.8 Å². The SMILES string of the molecule is COc1ccccc1NC(=O)N(C)C[C@@H]1Oc2ncc(C#CCC(C)C)cc2C(=O)N([C@H](C)CO)C[C@@H]1C. The Bertz CT molecular complexity index is 1190. The molecule has 9 heteroatoms. The van der Waals surface area contributed by atoms with Crippen LogP contribution in [-0.2, 0) is 0 Å². The summed E-state index contributed by atoms with van der Waals surface area (Å²) in [6, 6.07) is 8.14.